The van der Waals surface area contributed by atoms with Crippen LogP contribution in [0.25, 0.3) is 0 Å². The highest BCUT2D eigenvalue weighted by Gasteiger charge is 2.36. The molecular weight excluding hydrogens is 260 g/mol. The molecule has 0 spiro atoms. The summed E-state index contributed by atoms with van der Waals surface area (Å²) >= 11 is 0. The number of aromatic nitrogens is 1. The standard InChI is InChI=1S/C14H20N2O4/c1-8(2)10-7-12(20-15-10)13(17)16-5-4-9(3)6-11(16)14(18)19/h7-9,11H,4-6H2,1-3H3,(H,18,19). The fourth-order valence-corrected chi connectivity index (χ4v) is 2.42. The van der Waals surface area contributed by atoms with Gasteiger partial charge >= 0.3 is 5.97 Å². The zero-order valence-electron chi connectivity index (χ0n) is 12.0. The fourth-order valence-electron chi connectivity index (χ4n) is 2.42. The van der Waals surface area contributed by atoms with Crippen LogP contribution in [0.2, 0.25) is 0 Å². The van der Waals surface area contributed by atoms with Gasteiger partial charge in [-0.05, 0) is 24.7 Å². The van der Waals surface area contributed by atoms with E-state index in [4.69, 9.17) is 4.52 Å². The van der Waals surface area contributed by atoms with E-state index in [0.717, 1.165) is 6.42 Å². The Bertz CT molecular complexity index is 509. The number of carbonyl (C=O) groups is 2. The number of hydrogen-bond donors (Lipinski definition) is 1. The molecule has 2 atom stereocenters. The van der Waals surface area contributed by atoms with Gasteiger partial charge in [0.2, 0.25) is 5.76 Å². The van der Waals surface area contributed by atoms with Gasteiger partial charge < -0.3 is 14.5 Å². The summed E-state index contributed by atoms with van der Waals surface area (Å²) in [5, 5.41) is 13.1. The third-order valence-corrected chi connectivity index (χ3v) is 3.74. The SMILES string of the molecule is CC1CCN(C(=O)c2cc(C(C)C)no2)C(C(=O)O)C1. The molecule has 1 fully saturated rings. The first-order valence-electron chi connectivity index (χ1n) is 6.90. The number of hydrogen-bond acceptors (Lipinski definition) is 4. The molecule has 0 bridgehead atoms. The van der Waals surface area contributed by atoms with Crippen molar-refractivity contribution < 1.29 is 19.2 Å². The molecule has 1 aliphatic rings. The summed E-state index contributed by atoms with van der Waals surface area (Å²) in [5.41, 5.74) is 0.700. The topological polar surface area (TPSA) is 83.6 Å². The lowest BCUT2D eigenvalue weighted by molar-refractivity contribution is -0.144. The number of nitrogens with zero attached hydrogens (tertiary/aromatic N) is 2. The molecule has 1 amide bonds. The number of amides is 1. The van der Waals surface area contributed by atoms with Gasteiger partial charge in [0.05, 0.1) is 5.69 Å². The monoisotopic (exact) mass is 280 g/mol. The Morgan fingerprint density at radius 1 is 1.50 bits per heavy atom. The van der Waals surface area contributed by atoms with E-state index in [-0.39, 0.29) is 17.6 Å². The minimum absolute atomic E-state index is 0.120. The average Bonchev–Trinajstić information content (AvgIpc) is 2.87. The van der Waals surface area contributed by atoms with Gasteiger partial charge in [0, 0.05) is 12.6 Å². The maximum atomic E-state index is 12.4. The summed E-state index contributed by atoms with van der Waals surface area (Å²) in [7, 11) is 0. The molecule has 1 aromatic heterocycles. The van der Waals surface area contributed by atoms with Gasteiger partial charge in [-0.1, -0.05) is 25.9 Å². The quantitative estimate of drug-likeness (QED) is 0.916. The van der Waals surface area contributed by atoms with Gasteiger partial charge in [0.1, 0.15) is 6.04 Å². The summed E-state index contributed by atoms with van der Waals surface area (Å²) in [6.45, 7) is 6.35. The van der Waals surface area contributed by atoms with Gasteiger partial charge in [-0.15, -0.1) is 0 Å². The van der Waals surface area contributed by atoms with Crippen LogP contribution in [0, 0.1) is 5.92 Å². The van der Waals surface area contributed by atoms with Crippen molar-refractivity contribution in [1.82, 2.24) is 10.1 Å². The predicted octanol–water partition coefficient (Wildman–Crippen LogP) is 2.12. The van der Waals surface area contributed by atoms with Crippen LogP contribution in [-0.4, -0.2) is 39.6 Å². The normalized spacial score (nSPS) is 23.1. The van der Waals surface area contributed by atoms with E-state index in [0.29, 0.717) is 24.6 Å². The molecule has 6 heteroatoms. The summed E-state index contributed by atoms with van der Waals surface area (Å²) in [4.78, 5) is 25.1. The molecule has 2 heterocycles. The number of carbonyl (C=O) groups excluding carboxylic acids is 1. The molecule has 1 N–H and O–H groups in total. The third kappa shape index (κ3) is 2.84. The Balaban J connectivity index is 2.19. The Kier molecular flexibility index (Phi) is 4.11. The van der Waals surface area contributed by atoms with E-state index in [2.05, 4.69) is 5.16 Å². The number of piperidine rings is 1. The van der Waals surface area contributed by atoms with Crippen LogP contribution >= 0.6 is 0 Å². The molecule has 0 aromatic carbocycles. The number of likely N-dealkylation sites (tertiary alicyclic amines) is 1. The lowest BCUT2D eigenvalue weighted by atomic mass is 9.92. The second-order valence-electron chi connectivity index (χ2n) is 5.75. The Morgan fingerprint density at radius 2 is 2.20 bits per heavy atom. The number of aliphatic carboxylic acids is 1. The molecule has 20 heavy (non-hydrogen) atoms. The highest BCUT2D eigenvalue weighted by molar-refractivity contribution is 5.94. The Labute approximate surface area is 117 Å². The second-order valence-corrected chi connectivity index (χ2v) is 5.75. The second kappa shape index (κ2) is 5.64. The highest BCUT2D eigenvalue weighted by atomic mass is 16.5. The maximum Gasteiger partial charge on any atom is 0.326 e. The van der Waals surface area contributed by atoms with E-state index < -0.39 is 12.0 Å². The van der Waals surface area contributed by atoms with Crippen molar-refractivity contribution in [2.75, 3.05) is 6.54 Å². The minimum Gasteiger partial charge on any atom is -0.480 e. The van der Waals surface area contributed by atoms with Gasteiger partial charge in [0.25, 0.3) is 5.91 Å². The lowest BCUT2D eigenvalue weighted by Gasteiger charge is -2.35. The zero-order chi connectivity index (χ0) is 14.9. The smallest absolute Gasteiger partial charge is 0.326 e. The number of carboxylic acids is 1. The molecule has 0 saturated carbocycles. The molecule has 110 valence electrons. The number of rotatable bonds is 3. The number of carboxylic acid groups (broad SMARTS) is 1. The van der Waals surface area contributed by atoms with E-state index in [9.17, 15) is 14.7 Å². The van der Waals surface area contributed by atoms with Gasteiger partial charge in [-0.2, -0.15) is 0 Å². The molecule has 2 rings (SSSR count). The Hall–Kier alpha value is -1.85. The minimum atomic E-state index is -0.964. The summed E-state index contributed by atoms with van der Waals surface area (Å²) in [6, 6.07) is 0.822. The predicted molar refractivity (Wildman–Crippen MR) is 71.5 cm³/mol. The zero-order valence-corrected chi connectivity index (χ0v) is 12.0. The van der Waals surface area contributed by atoms with Gasteiger partial charge in [-0.25, -0.2) is 4.79 Å². The van der Waals surface area contributed by atoms with Crippen molar-refractivity contribution in [1.29, 1.82) is 0 Å². The van der Waals surface area contributed by atoms with Crippen molar-refractivity contribution in [2.45, 2.75) is 45.6 Å². The summed E-state index contributed by atoms with van der Waals surface area (Å²) in [6.07, 6.45) is 1.28. The third-order valence-electron chi connectivity index (χ3n) is 3.74. The lowest BCUT2D eigenvalue weighted by Crippen LogP contribution is -2.49. The summed E-state index contributed by atoms with van der Waals surface area (Å²) < 4.78 is 5.06. The van der Waals surface area contributed by atoms with Crippen LogP contribution in [0.15, 0.2) is 10.6 Å². The highest BCUT2D eigenvalue weighted by Crippen LogP contribution is 2.25. The molecule has 0 radical (unpaired) electrons. The van der Waals surface area contributed by atoms with E-state index >= 15 is 0 Å². The summed E-state index contributed by atoms with van der Waals surface area (Å²) in [5.74, 6) is -0.759. The van der Waals surface area contributed by atoms with Crippen LogP contribution in [0.1, 0.15) is 55.8 Å². The van der Waals surface area contributed by atoms with Crippen LogP contribution in [-0.2, 0) is 4.79 Å². The van der Waals surface area contributed by atoms with Crippen molar-refractivity contribution >= 4 is 11.9 Å². The van der Waals surface area contributed by atoms with Crippen molar-refractivity contribution in [3.05, 3.63) is 17.5 Å². The van der Waals surface area contributed by atoms with E-state index in [1.165, 1.54) is 4.90 Å². The van der Waals surface area contributed by atoms with Crippen molar-refractivity contribution in [3.63, 3.8) is 0 Å². The molecule has 1 aromatic rings. The maximum absolute atomic E-state index is 12.4. The van der Waals surface area contributed by atoms with Gasteiger partial charge in [0.15, 0.2) is 0 Å². The largest absolute Gasteiger partial charge is 0.480 e. The molecule has 6 nitrogen and oxygen atoms in total. The van der Waals surface area contributed by atoms with Crippen LogP contribution < -0.4 is 0 Å². The first kappa shape index (κ1) is 14.6. The first-order valence-corrected chi connectivity index (χ1v) is 6.90. The molecule has 1 saturated heterocycles. The van der Waals surface area contributed by atoms with Crippen molar-refractivity contribution in [3.8, 4) is 0 Å². The first-order chi connectivity index (χ1) is 9.40. The van der Waals surface area contributed by atoms with Crippen LogP contribution in [0.4, 0.5) is 0 Å². The Morgan fingerprint density at radius 3 is 2.75 bits per heavy atom. The van der Waals surface area contributed by atoms with E-state index in [1.54, 1.807) is 6.07 Å². The van der Waals surface area contributed by atoms with Crippen molar-refractivity contribution in [2.24, 2.45) is 5.92 Å². The molecule has 0 aliphatic carbocycles. The molecular formula is C14H20N2O4. The van der Waals surface area contributed by atoms with Crippen LogP contribution in [0.5, 0.6) is 0 Å². The average molecular weight is 280 g/mol. The van der Waals surface area contributed by atoms with E-state index in [1.807, 2.05) is 20.8 Å². The van der Waals surface area contributed by atoms with Crippen LogP contribution in [0.3, 0.4) is 0 Å². The van der Waals surface area contributed by atoms with Gasteiger partial charge in [-0.3, -0.25) is 4.79 Å². The fraction of sp³-hybridized carbons (Fsp3) is 0.643. The molecule has 2 unspecified atom stereocenters. The molecule has 1 aliphatic heterocycles.